The van der Waals surface area contributed by atoms with Gasteiger partial charge in [0.1, 0.15) is 0 Å². The van der Waals surface area contributed by atoms with Crippen molar-refractivity contribution in [3.8, 4) is 5.88 Å². The molecule has 156 valence electrons. The molecule has 0 saturated carbocycles. The SMILES string of the molecule is CCc1ccc(NC(=S)N=Nc2c(O)n(Cc3ccc(C)cc3)c3ccccc23)cc1. The molecular formula is C25H24N4OS. The van der Waals surface area contributed by atoms with Gasteiger partial charge in [-0.15, -0.1) is 10.2 Å². The molecule has 0 aliphatic rings. The number of aromatic hydroxyl groups is 1. The standard InChI is InChI=1S/C25H24N4OS/c1-3-18-12-14-20(15-13-18)26-25(31)28-27-23-21-6-4-5-7-22(21)29(24(23)30)16-19-10-8-17(2)9-11-19/h4-15,30H,3,16H2,1-2H3,(H,26,31). The van der Waals surface area contributed by atoms with E-state index in [1.807, 2.05) is 53.1 Å². The van der Waals surface area contributed by atoms with Gasteiger partial charge in [-0.3, -0.25) is 0 Å². The average molecular weight is 429 g/mol. The van der Waals surface area contributed by atoms with Crippen LogP contribution >= 0.6 is 12.2 Å². The highest BCUT2D eigenvalue weighted by Crippen LogP contribution is 2.39. The summed E-state index contributed by atoms with van der Waals surface area (Å²) in [5.41, 5.74) is 5.70. The largest absolute Gasteiger partial charge is 0.493 e. The molecule has 0 bridgehead atoms. The number of fused-ring (bicyclic) bond motifs is 1. The zero-order valence-electron chi connectivity index (χ0n) is 17.5. The minimum atomic E-state index is 0.0700. The van der Waals surface area contributed by atoms with E-state index in [0.717, 1.165) is 28.6 Å². The number of nitrogens with zero attached hydrogens (tertiary/aromatic N) is 3. The molecule has 0 spiro atoms. The molecule has 4 aromatic rings. The third-order valence-corrected chi connectivity index (χ3v) is 5.42. The van der Waals surface area contributed by atoms with Crippen LogP contribution in [0.15, 0.2) is 83.0 Å². The zero-order valence-corrected chi connectivity index (χ0v) is 18.4. The molecule has 0 aliphatic carbocycles. The number of anilines is 1. The predicted octanol–water partition coefficient (Wildman–Crippen LogP) is 6.75. The minimum absolute atomic E-state index is 0.0700. The highest BCUT2D eigenvalue weighted by Gasteiger charge is 2.16. The van der Waals surface area contributed by atoms with Crippen molar-refractivity contribution in [2.75, 3.05) is 5.32 Å². The summed E-state index contributed by atoms with van der Waals surface area (Å²) >= 11 is 5.33. The number of hydrogen-bond acceptors (Lipinski definition) is 3. The van der Waals surface area contributed by atoms with Gasteiger partial charge in [0, 0.05) is 11.1 Å². The zero-order chi connectivity index (χ0) is 21.8. The molecule has 0 aliphatic heterocycles. The molecule has 31 heavy (non-hydrogen) atoms. The average Bonchev–Trinajstić information content (AvgIpc) is 3.05. The molecule has 1 heterocycles. The number of rotatable bonds is 5. The molecule has 0 amide bonds. The van der Waals surface area contributed by atoms with E-state index < -0.39 is 0 Å². The molecule has 0 saturated heterocycles. The second-order valence-electron chi connectivity index (χ2n) is 7.44. The Hall–Kier alpha value is -3.51. The van der Waals surface area contributed by atoms with Gasteiger partial charge in [0.15, 0.2) is 5.69 Å². The molecule has 1 aromatic heterocycles. The van der Waals surface area contributed by atoms with Crippen LogP contribution in [0.2, 0.25) is 0 Å². The van der Waals surface area contributed by atoms with Crippen molar-refractivity contribution in [2.24, 2.45) is 10.2 Å². The van der Waals surface area contributed by atoms with Gasteiger partial charge in [-0.25, -0.2) is 0 Å². The summed E-state index contributed by atoms with van der Waals surface area (Å²) in [6.07, 6.45) is 0.983. The molecule has 0 fully saturated rings. The lowest BCUT2D eigenvalue weighted by atomic mass is 10.1. The Morgan fingerprint density at radius 1 is 0.968 bits per heavy atom. The first-order valence-electron chi connectivity index (χ1n) is 10.2. The van der Waals surface area contributed by atoms with Crippen LogP contribution in [-0.2, 0) is 13.0 Å². The normalized spacial score (nSPS) is 11.3. The minimum Gasteiger partial charge on any atom is -0.493 e. The lowest BCUT2D eigenvalue weighted by Gasteiger charge is -2.07. The smallest absolute Gasteiger partial charge is 0.221 e. The van der Waals surface area contributed by atoms with Gasteiger partial charge in [0.2, 0.25) is 11.0 Å². The fraction of sp³-hybridized carbons (Fsp3) is 0.160. The van der Waals surface area contributed by atoms with Crippen LogP contribution in [0.4, 0.5) is 11.4 Å². The summed E-state index contributed by atoms with van der Waals surface area (Å²) < 4.78 is 1.84. The first kappa shape index (κ1) is 20.8. The van der Waals surface area contributed by atoms with E-state index in [1.165, 1.54) is 11.1 Å². The van der Waals surface area contributed by atoms with Gasteiger partial charge in [-0.2, -0.15) is 0 Å². The van der Waals surface area contributed by atoms with Gasteiger partial charge in [0.05, 0.1) is 12.1 Å². The molecule has 2 N–H and O–H groups in total. The lowest BCUT2D eigenvalue weighted by molar-refractivity contribution is 0.429. The molecular weight excluding hydrogens is 404 g/mol. The van der Waals surface area contributed by atoms with Crippen LogP contribution in [-0.4, -0.2) is 14.8 Å². The maximum atomic E-state index is 10.9. The molecule has 0 unspecified atom stereocenters. The van der Waals surface area contributed by atoms with Crippen LogP contribution < -0.4 is 5.32 Å². The van der Waals surface area contributed by atoms with E-state index in [9.17, 15) is 5.11 Å². The fourth-order valence-corrected chi connectivity index (χ4v) is 3.63. The number of benzene rings is 3. The Labute approximate surface area is 187 Å². The van der Waals surface area contributed by atoms with Gasteiger partial charge in [-0.1, -0.05) is 67.1 Å². The first-order valence-corrected chi connectivity index (χ1v) is 10.6. The Bertz CT molecular complexity index is 1240. The summed E-state index contributed by atoms with van der Waals surface area (Å²) in [7, 11) is 0. The van der Waals surface area contributed by atoms with Gasteiger partial charge in [0.25, 0.3) is 0 Å². The van der Waals surface area contributed by atoms with Gasteiger partial charge in [-0.05, 0) is 54.9 Å². The van der Waals surface area contributed by atoms with Gasteiger partial charge >= 0.3 is 0 Å². The van der Waals surface area contributed by atoms with E-state index in [-0.39, 0.29) is 11.0 Å². The number of thiocarbonyl (C=S) groups is 1. The maximum absolute atomic E-state index is 10.9. The van der Waals surface area contributed by atoms with Crippen LogP contribution in [0, 0.1) is 6.92 Å². The third-order valence-electron chi connectivity index (χ3n) is 5.23. The van der Waals surface area contributed by atoms with Crippen molar-refractivity contribution in [3.63, 3.8) is 0 Å². The van der Waals surface area contributed by atoms with Crippen molar-refractivity contribution < 1.29 is 5.11 Å². The molecule has 0 radical (unpaired) electrons. The summed E-state index contributed by atoms with van der Waals surface area (Å²) in [5, 5.41) is 23.5. The number of nitrogens with one attached hydrogen (secondary N) is 1. The third kappa shape index (κ3) is 4.64. The number of aryl methyl sites for hydroxylation is 2. The molecule has 4 rings (SSSR count). The second kappa shape index (κ2) is 9.10. The monoisotopic (exact) mass is 428 g/mol. The highest BCUT2D eigenvalue weighted by molar-refractivity contribution is 7.80. The highest BCUT2D eigenvalue weighted by atomic mass is 32.1. The first-order chi connectivity index (χ1) is 15.0. The summed E-state index contributed by atoms with van der Waals surface area (Å²) in [6.45, 7) is 4.71. The van der Waals surface area contributed by atoms with Crippen molar-refractivity contribution in [2.45, 2.75) is 26.8 Å². The number of para-hydroxylation sites is 1. The molecule has 6 heteroatoms. The van der Waals surface area contributed by atoms with E-state index in [1.54, 1.807) is 0 Å². The number of azo groups is 1. The second-order valence-corrected chi connectivity index (χ2v) is 7.83. The van der Waals surface area contributed by atoms with Crippen molar-refractivity contribution >= 4 is 39.6 Å². The maximum Gasteiger partial charge on any atom is 0.221 e. The summed E-state index contributed by atoms with van der Waals surface area (Å²) in [4.78, 5) is 0. The fourth-order valence-electron chi connectivity index (χ4n) is 3.47. The van der Waals surface area contributed by atoms with E-state index in [4.69, 9.17) is 12.2 Å². The van der Waals surface area contributed by atoms with Crippen LogP contribution in [0.3, 0.4) is 0 Å². The Kier molecular flexibility index (Phi) is 6.09. The predicted molar refractivity (Wildman–Crippen MR) is 130 cm³/mol. The van der Waals surface area contributed by atoms with Gasteiger partial charge < -0.3 is 15.0 Å². The Morgan fingerprint density at radius 2 is 1.65 bits per heavy atom. The van der Waals surface area contributed by atoms with Crippen molar-refractivity contribution in [1.82, 2.24) is 4.57 Å². The van der Waals surface area contributed by atoms with Crippen molar-refractivity contribution in [1.29, 1.82) is 0 Å². The lowest BCUT2D eigenvalue weighted by Crippen LogP contribution is -2.04. The van der Waals surface area contributed by atoms with E-state index >= 15 is 0 Å². The van der Waals surface area contributed by atoms with Crippen LogP contribution in [0.25, 0.3) is 10.9 Å². The Balaban J connectivity index is 1.60. The summed E-state index contributed by atoms with van der Waals surface area (Å²) in [6, 6.07) is 24.0. The number of hydrogen-bond donors (Lipinski definition) is 2. The van der Waals surface area contributed by atoms with Crippen LogP contribution in [0.5, 0.6) is 5.88 Å². The molecule has 0 atom stereocenters. The number of aromatic nitrogens is 1. The quantitative estimate of drug-likeness (QED) is 0.273. The van der Waals surface area contributed by atoms with E-state index in [0.29, 0.717) is 12.2 Å². The summed E-state index contributed by atoms with van der Waals surface area (Å²) in [5.74, 6) is 0.0700. The Morgan fingerprint density at radius 3 is 2.35 bits per heavy atom. The van der Waals surface area contributed by atoms with Crippen molar-refractivity contribution in [3.05, 3.63) is 89.5 Å². The van der Waals surface area contributed by atoms with Crippen LogP contribution in [0.1, 0.15) is 23.6 Å². The molecule has 5 nitrogen and oxygen atoms in total. The van der Waals surface area contributed by atoms with E-state index in [2.05, 4.69) is 53.7 Å². The topological polar surface area (TPSA) is 61.9 Å². The molecule has 3 aromatic carbocycles.